The third-order valence-corrected chi connectivity index (χ3v) is 2.56. The molecule has 0 N–H and O–H groups in total. The highest BCUT2D eigenvalue weighted by molar-refractivity contribution is 9.10. The maximum Gasteiger partial charge on any atom is 0.339 e. The number of nitro groups is 1. The summed E-state index contributed by atoms with van der Waals surface area (Å²) in [4.78, 5) is 16.1. The Labute approximate surface area is 107 Å². The maximum atomic E-state index is 11.0. The largest absolute Gasteiger partial charge is 0.476 e. The van der Waals surface area contributed by atoms with Gasteiger partial charge in [0, 0.05) is 20.3 Å². The van der Waals surface area contributed by atoms with Gasteiger partial charge in [-0.25, -0.2) is 4.98 Å². The zero-order valence-electron chi connectivity index (χ0n) is 9.68. The van der Waals surface area contributed by atoms with E-state index in [4.69, 9.17) is 4.74 Å². The summed E-state index contributed by atoms with van der Waals surface area (Å²) in [5, 5.41) is 11.0. The Morgan fingerprint density at radius 2 is 2.24 bits per heavy atom. The van der Waals surface area contributed by atoms with Crippen molar-refractivity contribution in [1.29, 1.82) is 0 Å². The van der Waals surface area contributed by atoms with E-state index in [9.17, 15) is 10.1 Å². The molecule has 0 bridgehead atoms. The van der Waals surface area contributed by atoms with Crippen molar-refractivity contribution in [3.8, 4) is 5.88 Å². The molecule has 0 radical (unpaired) electrons. The molecule has 0 aliphatic rings. The monoisotopic (exact) mass is 301 g/mol. The summed E-state index contributed by atoms with van der Waals surface area (Å²) >= 11 is 3.24. The predicted octanol–water partition coefficient (Wildman–Crippen LogP) is 2.29. The Bertz CT molecular complexity index is 460. The number of rotatable bonds is 4. The van der Waals surface area contributed by atoms with Crippen LogP contribution in [0.1, 0.15) is 5.56 Å². The van der Waals surface area contributed by atoms with Crippen LogP contribution in [-0.4, -0.2) is 36.0 Å². The molecule has 0 aromatic carbocycles. The number of nitrogens with zero attached hydrogens (tertiary/aromatic N) is 3. The average molecular weight is 302 g/mol. The highest BCUT2D eigenvalue weighted by atomic mass is 79.9. The standard InChI is InChI=1S/C10H12BrN3O3/c1-13(2)5-4-7-8(11)6-12-10(17-3)9(7)14(15)16/h4-6H,1-3H3/b5-4-. The Balaban J connectivity index is 3.39. The summed E-state index contributed by atoms with van der Waals surface area (Å²) in [5.74, 6) is -0.00314. The van der Waals surface area contributed by atoms with Crippen LogP contribution in [0, 0.1) is 10.1 Å². The lowest BCUT2D eigenvalue weighted by Gasteiger charge is -2.07. The lowest BCUT2D eigenvalue weighted by molar-refractivity contribution is -0.386. The van der Waals surface area contributed by atoms with E-state index in [-0.39, 0.29) is 11.6 Å². The van der Waals surface area contributed by atoms with Gasteiger partial charge in [-0.1, -0.05) is 0 Å². The first kappa shape index (κ1) is 13.4. The number of pyridine rings is 1. The van der Waals surface area contributed by atoms with Crippen LogP contribution >= 0.6 is 15.9 Å². The molecule has 0 fully saturated rings. The Morgan fingerprint density at radius 1 is 1.59 bits per heavy atom. The predicted molar refractivity (Wildman–Crippen MR) is 67.9 cm³/mol. The fourth-order valence-electron chi connectivity index (χ4n) is 1.18. The fourth-order valence-corrected chi connectivity index (χ4v) is 1.60. The van der Waals surface area contributed by atoms with Crippen LogP contribution in [0.5, 0.6) is 5.88 Å². The quantitative estimate of drug-likeness (QED) is 0.630. The van der Waals surface area contributed by atoms with Gasteiger partial charge < -0.3 is 9.64 Å². The van der Waals surface area contributed by atoms with Crippen LogP contribution in [0.2, 0.25) is 0 Å². The molecule has 0 unspecified atom stereocenters. The number of ether oxygens (including phenoxy) is 1. The summed E-state index contributed by atoms with van der Waals surface area (Å²) in [7, 11) is 5.01. The zero-order chi connectivity index (χ0) is 13.0. The van der Waals surface area contributed by atoms with E-state index in [1.807, 2.05) is 14.1 Å². The van der Waals surface area contributed by atoms with Gasteiger partial charge >= 0.3 is 5.69 Å². The Kier molecular flexibility index (Phi) is 4.45. The molecule has 0 aliphatic heterocycles. The molecule has 0 amide bonds. The minimum atomic E-state index is -0.508. The van der Waals surface area contributed by atoms with Gasteiger partial charge in [0.2, 0.25) is 0 Å². The van der Waals surface area contributed by atoms with Gasteiger partial charge in [0.25, 0.3) is 5.88 Å². The average Bonchev–Trinajstić information content (AvgIpc) is 2.26. The van der Waals surface area contributed by atoms with Crippen LogP contribution in [-0.2, 0) is 0 Å². The molecular formula is C10H12BrN3O3. The summed E-state index contributed by atoms with van der Waals surface area (Å²) in [5.41, 5.74) is 0.274. The maximum absolute atomic E-state index is 11.0. The first-order chi connectivity index (χ1) is 7.97. The SMILES string of the molecule is COc1ncc(Br)c(/C=C\N(C)C)c1[N+](=O)[O-]. The van der Waals surface area contributed by atoms with Crippen molar-refractivity contribution < 1.29 is 9.66 Å². The Morgan fingerprint density at radius 3 is 2.71 bits per heavy atom. The smallest absolute Gasteiger partial charge is 0.339 e. The lowest BCUT2D eigenvalue weighted by atomic mass is 10.2. The van der Waals surface area contributed by atoms with Crippen LogP contribution < -0.4 is 4.74 Å². The molecule has 0 atom stereocenters. The van der Waals surface area contributed by atoms with E-state index in [1.54, 1.807) is 17.2 Å². The van der Waals surface area contributed by atoms with Gasteiger partial charge in [-0.3, -0.25) is 10.1 Å². The van der Waals surface area contributed by atoms with Crippen LogP contribution in [0.4, 0.5) is 5.69 Å². The van der Waals surface area contributed by atoms with Crippen LogP contribution in [0.3, 0.4) is 0 Å². The van der Waals surface area contributed by atoms with E-state index in [1.165, 1.54) is 13.3 Å². The van der Waals surface area contributed by atoms with Crippen molar-refractivity contribution >= 4 is 27.7 Å². The molecule has 1 aromatic heterocycles. The molecule has 1 rings (SSSR count). The van der Waals surface area contributed by atoms with Gasteiger partial charge in [0.15, 0.2) is 0 Å². The van der Waals surface area contributed by atoms with Crippen molar-refractivity contribution in [2.24, 2.45) is 0 Å². The first-order valence-electron chi connectivity index (χ1n) is 4.69. The summed E-state index contributed by atoms with van der Waals surface area (Å²) in [6, 6.07) is 0. The molecule has 17 heavy (non-hydrogen) atoms. The molecule has 7 heteroatoms. The molecule has 1 aromatic rings. The van der Waals surface area contributed by atoms with Gasteiger partial charge in [0.05, 0.1) is 22.1 Å². The Hall–Kier alpha value is -1.63. The van der Waals surface area contributed by atoms with Crippen molar-refractivity contribution in [3.63, 3.8) is 0 Å². The molecule has 0 saturated heterocycles. The van der Waals surface area contributed by atoms with E-state index >= 15 is 0 Å². The van der Waals surface area contributed by atoms with Gasteiger partial charge in [-0.05, 0) is 28.2 Å². The van der Waals surface area contributed by atoms with E-state index < -0.39 is 4.92 Å². The molecule has 1 heterocycles. The number of hydrogen-bond donors (Lipinski definition) is 0. The summed E-state index contributed by atoms with van der Waals surface area (Å²) in [6.45, 7) is 0. The van der Waals surface area contributed by atoms with Crippen LogP contribution in [0.25, 0.3) is 6.08 Å². The van der Waals surface area contributed by atoms with E-state index in [0.29, 0.717) is 10.0 Å². The lowest BCUT2D eigenvalue weighted by Crippen LogP contribution is -2.02. The number of aromatic nitrogens is 1. The zero-order valence-corrected chi connectivity index (χ0v) is 11.3. The van der Waals surface area contributed by atoms with E-state index in [2.05, 4.69) is 20.9 Å². The topological polar surface area (TPSA) is 68.5 Å². The molecule has 6 nitrogen and oxygen atoms in total. The molecule has 0 saturated carbocycles. The van der Waals surface area contributed by atoms with Gasteiger partial charge in [-0.2, -0.15) is 0 Å². The highest BCUT2D eigenvalue weighted by Crippen LogP contribution is 2.34. The highest BCUT2D eigenvalue weighted by Gasteiger charge is 2.23. The molecule has 92 valence electrons. The minimum absolute atomic E-state index is 0.00314. The number of halogens is 1. The second kappa shape index (κ2) is 5.62. The minimum Gasteiger partial charge on any atom is -0.476 e. The summed E-state index contributed by atoms with van der Waals surface area (Å²) < 4.78 is 5.43. The fraction of sp³-hybridized carbons (Fsp3) is 0.300. The first-order valence-corrected chi connectivity index (χ1v) is 5.48. The number of hydrogen-bond acceptors (Lipinski definition) is 5. The number of methoxy groups -OCH3 is 1. The second-order valence-electron chi connectivity index (χ2n) is 3.41. The third-order valence-electron chi connectivity index (χ3n) is 1.93. The van der Waals surface area contributed by atoms with Crippen molar-refractivity contribution in [2.75, 3.05) is 21.2 Å². The van der Waals surface area contributed by atoms with Crippen molar-refractivity contribution in [2.45, 2.75) is 0 Å². The third kappa shape index (κ3) is 3.16. The van der Waals surface area contributed by atoms with Gasteiger partial charge in [0.1, 0.15) is 0 Å². The molecule has 0 aliphatic carbocycles. The van der Waals surface area contributed by atoms with Gasteiger partial charge in [-0.15, -0.1) is 0 Å². The van der Waals surface area contributed by atoms with Crippen molar-refractivity contribution in [1.82, 2.24) is 9.88 Å². The normalized spacial score (nSPS) is 10.6. The second-order valence-corrected chi connectivity index (χ2v) is 4.27. The summed E-state index contributed by atoms with van der Waals surface area (Å²) in [6.07, 6.45) is 4.82. The van der Waals surface area contributed by atoms with Crippen LogP contribution in [0.15, 0.2) is 16.9 Å². The molecular weight excluding hydrogens is 290 g/mol. The molecule has 0 spiro atoms. The van der Waals surface area contributed by atoms with Crippen molar-refractivity contribution in [3.05, 3.63) is 32.5 Å². The van der Waals surface area contributed by atoms with E-state index in [0.717, 1.165) is 0 Å².